The van der Waals surface area contributed by atoms with E-state index in [-0.39, 0.29) is 24.7 Å². The van der Waals surface area contributed by atoms with Crippen molar-refractivity contribution in [1.82, 2.24) is 0 Å². The Labute approximate surface area is 194 Å². The maximum absolute atomic E-state index is 12.8. The van der Waals surface area contributed by atoms with Gasteiger partial charge >= 0.3 is 17.9 Å². The molecule has 0 radical (unpaired) electrons. The topological polar surface area (TPSA) is 78.9 Å². The first kappa shape index (κ1) is 28.2. The molecule has 0 N–H and O–H groups in total. The number of ether oxygens (including phenoxy) is 3. The largest absolute Gasteiger partial charge is 0.465 e. The maximum atomic E-state index is 12.8. The summed E-state index contributed by atoms with van der Waals surface area (Å²) in [7, 11) is 0. The predicted molar refractivity (Wildman–Crippen MR) is 125 cm³/mol. The van der Waals surface area contributed by atoms with Gasteiger partial charge in [-0.25, -0.2) is 9.59 Å². The minimum Gasteiger partial charge on any atom is -0.465 e. The summed E-state index contributed by atoms with van der Waals surface area (Å²) in [5.41, 5.74) is -1.33. The standard InChI is InChI=1S/C26H44O6/c1-5-7-8-9-12-19-30-24(28)22-15-17-26(18-16-22,32-23(27)6-2)25(29)31-20-13-10-11-14-21(3)4/h6,21-22H,2,5,7-20H2,1,3-4H3. The average molecular weight is 453 g/mol. The molecule has 1 aliphatic rings. The third-order valence-electron chi connectivity index (χ3n) is 6.11. The normalized spacial score (nSPS) is 20.6. The summed E-state index contributed by atoms with van der Waals surface area (Å²) in [6.45, 7) is 10.7. The van der Waals surface area contributed by atoms with Gasteiger partial charge in [0.05, 0.1) is 19.1 Å². The van der Waals surface area contributed by atoms with Gasteiger partial charge in [0.1, 0.15) is 0 Å². The van der Waals surface area contributed by atoms with Crippen LogP contribution in [0, 0.1) is 11.8 Å². The molecule has 0 aromatic rings. The fourth-order valence-electron chi connectivity index (χ4n) is 4.03. The fourth-order valence-corrected chi connectivity index (χ4v) is 4.03. The lowest BCUT2D eigenvalue weighted by Crippen LogP contribution is -2.48. The van der Waals surface area contributed by atoms with Crippen molar-refractivity contribution >= 4 is 17.9 Å². The van der Waals surface area contributed by atoms with Crippen LogP contribution in [0.2, 0.25) is 0 Å². The highest BCUT2D eigenvalue weighted by molar-refractivity contribution is 5.88. The van der Waals surface area contributed by atoms with Crippen LogP contribution in [0.5, 0.6) is 0 Å². The van der Waals surface area contributed by atoms with Gasteiger partial charge in [0, 0.05) is 6.08 Å². The van der Waals surface area contributed by atoms with Crippen LogP contribution >= 0.6 is 0 Å². The van der Waals surface area contributed by atoms with E-state index in [4.69, 9.17) is 14.2 Å². The van der Waals surface area contributed by atoms with Crippen molar-refractivity contribution in [2.75, 3.05) is 13.2 Å². The van der Waals surface area contributed by atoms with Crippen molar-refractivity contribution in [1.29, 1.82) is 0 Å². The molecule has 184 valence electrons. The molecule has 1 fully saturated rings. The van der Waals surface area contributed by atoms with Crippen molar-refractivity contribution in [3.8, 4) is 0 Å². The van der Waals surface area contributed by atoms with Gasteiger partial charge in [0.2, 0.25) is 5.60 Å². The molecule has 0 aromatic carbocycles. The van der Waals surface area contributed by atoms with Crippen LogP contribution in [0.15, 0.2) is 12.7 Å². The Morgan fingerprint density at radius 2 is 1.53 bits per heavy atom. The molecule has 1 saturated carbocycles. The van der Waals surface area contributed by atoms with Crippen LogP contribution in [0.4, 0.5) is 0 Å². The number of unbranched alkanes of at least 4 members (excludes halogenated alkanes) is 6. The number of hydrogen-bond donors (Lipinski definition) is 0. The van der Waals surface area contributed by atoms with Crippen molar-refractivity contribution in [3.63, 3.8) is 0 Å². The van der Waals surface area contributed by atoms with Crippen LogP contribution in [0.1, 0.15) is 104 Å². The molecule has 0 atom stereocenters. The zero-order valence-corrected chi connectivity index (χ0v) is 20.5. The second kappa shape index (κ2) is 15.9. The minimum atomic E-state index is -1.33. The summed E-state index contributed by atoms with van der Waals surface area (Å²) < 4.78 is 16.4. The quantitative estimate of drug-likeness (QED) is 0.125. The van der Waals surface area contributed by atoms with Gasteiger partial charge in [0.15, 0.2) is 0 Å². The molecule has 0 bridgehead atoms. The van der Waals surface area contributed by atoms with Gasteiger partial charge in [-0.2, -0.15) is 0 Å². The van der Waals surface area contributed by atoms with Gasteiger partial charge < -0.3 is 14.2 Å². The third-order valence-corrected chi connectivity index (χ3v) is 6.11. The second-order valence-corrected chi connectivity index (χ2v) is 9.35. The molecule has 0 spiro atoms. The highest BCUT2D eigenvalue weighted by Gasteiger charge is 2.48. The van der Waals surface area contributed by atoms with E-state index in [1.807, 2.05) is 0 Å². The molecular weight excluding hydrogens is 408 g/mol. The summed E-state index contributed by atoms with van der Waals surface area (Å²) in [6, 6.07) is 0. The molecule has 0 saturated heterocycles. The number of esters is 3. The Morgan fingerprint density at radius 1 is 0.938 bits per heavy atom. The summed E-state index contributed by atoms with van der Waals surface area (Å²) in [5, 5.41) is 0. The monoisotopic (exact) mass is 452 g/mol. The molecule has 32 heavy (non-hydrogen) atoms. The Morgan fingerprint density at radius 3 is 2.12 bits per heavy atom. The maximum Gasteiger partial charge on any atom is 0.350 e. The SMILES string of the molecule is C=CC(=O)OC1(C(=O)OCCCCCC(C)C)CCC(C(=O)OCCCCCCC)CC1. The summed E-state index contributed by atoms with van der Waals surface area (Å²) >= 11 is 0. The summed E-state index contributed by atoms with van der Waals surface area (Å²) in [5.74, 6) is -0.985. The zero-order valence-electron chi connectivity index (χ0n) is 20.5. The van der Waals surface area contributed by atoms with E-state index in [2.05, 4.69) is 27.4 Å². The predicted octanol–water partition coefficient (Wildman–Crippen LogP) is 5.92. The van der Waals surface area contributed by atoms with E-state index in [0.29, 0.717) is 32.0 Å². The van der Waals surface area contributed by atoms with E-state index in [1.165, 1.54) is 12.8 Å². The zero-order chi connectivity index (χ0) is 23.8. The van der Waals surface area contributed by atoms with Crippen LogP contribution in [-0.2, 0) is 28.6 Å². The smallest absolute Gasteiger partial charge is 0.350 e. The van der Waals surface area contributed by atoms with Gasteiger partial charge in [-0.1, -0.05) is 72.3 Å². The van der Waals surface area contributed by atoms with Crippen LogP contribution < -0.4 is 0 Å². The first-order chi connectivity index (χ1) is 15.3. The Hall–Kier alpha value is -1.85. The molecule has 0 heterocycles. The Balaban J connectivity index is 2.49. The molecule has 6 nitrogen and oxygen atoms in total. The van der Waals surface area contributed by atoms with Gasteiger partial charge in [0.25, 0.3) is 0 Å². The number of hydrogen-bond acceptors (Lipinski definition) is 6. The first-order valence-corrected chi connectivity index (χ1v) is 12.5. The third kappa shape index (κ3) is 10.6. The Kier molecular flexibility index (Phi) is 14.0. The van der Waals surface area contributed by atoms with E-state index in [9.17, 15) is 14.4 Å². The van der Waals surface area contributed by atoms with Crippen molar-refractivity contribution < 1.29 is 28.6 Å². The fraction of sp³-hybridized carbons (Fsp3) is 0.808. The molecule has 6 heteroatoms. The molecule has 0 unspecified atom stereocenters. The highest BCUT2D eigenvalue weighted by Crippen LogP contribution is 2.37. The Bertz CT molecular complexity index is 575. The molecule has 0 amide bonds. The van der Waals surface area contributed by atoms with Crippen molar-refractivity contribution in [2.24, 2.45) is 11.8 Å². The summed E-state index contributed by atoms with van der Waals surface area (Å²) in [6.07, 6.45) is 12.0. The van der Waals surface area contributed by atoms with Crippen molar-refractivity contribution in [2.45, 2.75) is 110 Å². The lowest BCUT2D eigenvalue weighted by molar-refractivity contribution is -0.186. The average Bonchev–Trinajstić information content (AvgIpc) is 2.78. The van der Waals surface area contributed by atoms with E-state index < -0.39 is 17.5 Å². The number of carbonyl (C=O) groups excluding carboxylic acids is 3. The van der Waals surface area contributed by atoms with E-state index in [1.54, 1.807) is 0 Å². The minimum absolute atomic E-state index is 0.220. The molecule has 1 rings (SSSR count). The lowest BCUT2D eigenvalue weighted by atomic mass is 9.78. The molecular formula is C26H44O6. The van der Waals surface area contributed by atoms with Gasteiger partial charge in [-0.3, -0.25) is 4.79 Å². The molecule has 1 aliphatic carbocycles. The van der Waals surface area contributed by atoms with Gasteiger partial charge in [-0.15, -0.1) is 0 Å². The number of carbonyl (C=O) groups is 3. The second-order valence-electron chi connectivity index (χ2n) is 9.35. The summed E-state index contributed by atoms with van der Waals surface area (Å²) in [4.78, 5) is 37.1. The first-order valence-electron chi connectivity index (χ1n) is 12.5. The van der Waals surface area contributed by atoms with Crippen LogP contribution in [0.25, 0.3) is 0 Å². The van der Waals surface area contributed by atoms with Crippen LogP contribution in [-0.4, -0.2) is 36.7 Å². The van der Waals surface area contributed by atoms with Gasteiger partial charge in [-0.05, 0) is 44.4 Å². The van der Waals surface area contributed by atoms with Crippen molar-refractivity contribution in [3.05, 3.63) is 12.7 Å². The van der Waals surface area contributed by atoms with E-state index in [0.717, 1.165) is 51.0 Å². The molecule has 0 aliphatic heterocycles. The van der Waals surface area contributed by atoms with Crippen LogP contribution in [0.3, 0.4) is 0 Å². The number of rotatable bonds is 16. The van der Waals surface area contributed by atoms with E-state index >= 15 is 0 Å². The molecule has 0 aromatic heterocycles. The highest BCUT2D eigenvalue weighted by atomic mass is 16.6. The lowest BCUT2D eigenvalue weighted by Gasteiger charge is -2.36.